The van der Waals surface area contributed by atoms with E-state index >= 15 is 0 Å². The lowest BCUT2D eigenvalue weighted by atomic mass is 10.0. The van der Waals surface area contributed by atoms with Gasteiger partial charge >= 0.3 is 0 Å². The van der Waals surface area contributed by atoms with Crippen molar-refractivity contribution in [2.24, 2.45) is 0 Å². The smallest absolute Gasteiger partial charge is 0.257 e. The molecule has 0 saturated carbocycles. The molecule has 0 saturated heterocycles. The summed E-state index contributed by atoms with van der Waals surface area (Å²) < 4.78 is 0. The summed E-state index contributed by atoms with van der Waals surface area (Å²) in [5.74, 6) is -0.179. The zero-order chi connectivity index (χ0) is 20.5. The lowest BCUT2D eigenvalue weighted by Crippen LogP contribution is -2.50. The zero-order valence-corrected chi connectivity index (χ0v) is 17.6. The Kier molecular flexibility index (Phi) is 5.30. The molecular formula is C22H20ClN3O2S. The molecule has 0 fully saturated rings. The number of anilines is 1. The van der Waals surface area contributed by atoms with Gasteiger partial charge in [-0.2, -0.15) is 0 Å². The fourth-order valence-electron chi connectivity index (χ4n) is 3.59. The van der Waals surface area contributed by atoms with Gasteiger partial charge < -0.3 is 15.1 Å². The van der Waals surface area contributed by atoms with Crippen LogP contribution in [0.15, 0.2) is 60.7 Å². The SMILES string of the molecule is CNC(=O)CN1c2ccccc2C(=O)N(C)C1c1ccc(-c2ccccc2Cl)s1. The van der Waals surface area contributed by atoms with E-state index in [0.717, 1.165) is 21.0 Å². The monoisotopic (exact) mass is 425 g/mol. The van der Waals surface area contributed by atoms with Crippen molar-refractivity contribution in [1.82, 2.24) is 10.2 Å². The average Bonchev–Trinajstić information content (AvgIpc) is 3.21. The van der Waals surface area contributed by atoms with Crippen LogP contribution < -0.4 is 10.2 Å². The Balaban J connectivity index is 1.80. The second kappa shape index (κ2) is 7.89. The van der Waals surface area contributed by atoms with Crippen LogP contribution in [0.5, 0.6) is 0 Å². The van der Waals surface area contributed by atoms with Crippen LogP contribution in [-0.2, 0) is 4.79 Å². The highest BCUT2D eigenvalue weighted by atomic mass is 35.5. The highest BCUT2D eigenvalue weighted by molar-refractivity contribution is 7.15. The van der Waals surface area contributed by atoms with Gasteiger partial charge in [0.15, 0.2) is 0 Å². The third kappa shape index (κ3) is 3.50. The number of carbonyl (C=O) groups is 2. The molecule has 4 rings (SSSR count). The first-order chi connectivity index (χ1) is 14.0. The lowest BCUT2D eigenvalue weighted by molar-refractivity contribution is -0.119. The minimum absolute atomic E-state index is 0.0635. The first-order valence-corrected chi connectivity index (χ1v) is 10.4. The number of nitrogens with zero attached hydrogens (tertiary/aromatic N) is 2. The molecule has 1 N–H and O–H groups in total. The second-order valence-electron chi connectivity index (χ2n) is 6.79. The Bertz CT molecular complexity index is 1080. The van der Waals surface area contributed by atoms with E-state index in [2.05, 4.69) is 5.32 Å². The van der Waals surface area contributed by atoms with Crippen LogP contribution in [0.2, 0.25) is 5.02 Å². The van der Waals surface area contributed by atoms with E-state index in [1.54, 1.807) is 36.4 Å². The number of para-hydroxylation sites is 1. The fourth-order valence-corrected chi connectivity index (χ4v) is 5.09. The van der Waals surface area contributed by atoms with Crippen LogP contribution in [0.4, 0.5) is 5.69 Å². The summed E-state index contributed by atoms with van der Waals surface area (Å²) in [4.78, 5) is 30.9. The highest BCUT2D eigenvalue weighted by Crippen LogP contribution is 2.42. The minimum Gasteiger partial charge on any atom is -0.358 e. The summed E-state index contributed by atoms with van der Waals surface area (Å²) in [5, 5.41) is 3.36. The van der Waals surface area contributed by atoms with Crippen LogP contribution >= 0.6 is 22.9 Å². The fraction of sp³-hybridized carbons (Fsp3) is 0.182. The molecule has 7 heteroatoms. The Labute approximate surface area is 178 Å². The quantitative estimate of drug-likeness (QED) is 0.673. The third-order valence-corrected chi connectivity index (χ3v) is 6.53. The molecule has 1 aliphatic rings. The van der Waals surface area contributed by atoms with Gasteiger partial charge in [-0.1, -0.05) is 41.9 Å². The van der Waals surface area contributed by atoms with Crippen molar-refractivity contribution in [3.8, 4) is 10.4 Å². The standard InChI is InChI=1S/C22H20ClN3O2S/c1-24-20(27)13-26-17-10-6-4-8-15(17)22(28)25(2)21(26)19-12-11-18(29-19)14-7-3-5-9-16(14)23/h3-12,21H,13H2,1-2H3,(H,24,27). The molecule has 0 radical (unpaired) electrons. The lowest BCUT2D eigenvalue weighted by Gasteiger charge is -2.43. The molecule has 29 heavy (non-hydrogen) atoms. The molecule has 0 spiro atoms. The number of likely N-dealkylation sites (N-methyl/N-ethyl adjacent to an activating group) is 1. The number of carbonyl (C=O) groups excluding carboxylic acids is 2. The van der Waals surface area contributed by atoms with Crippen molar-refractivity contribution in [2.45, 2.75) is 6.17 Å². The molecule has 0 bridgehead atoms. The molecule has 3 aromatic rings. The van der Waals surface area contributed by atoms with Gasteiger partial charge in [0.1, 0.15) is 6.17 Å². The summed E-state index contributed by atoms with van der Waals surface area (Å²) in [6, 6.07) is 19.1. The molecule has 1 unspecified atom stereocenters. The maximum atomic E-state index is 13.0. The number of nitrogens with one attached hydrogen (secondary N) is 1. The van der Waals surface area contributed by atoms with Crippen LogP contribution in [0.25, 0.3) is 10.4 Å². The first-order valence-electron chi connectivity index (χ1n) is 9.19. The summed E-state index contributed by atoms with van der Waals surface area (Å²) in [6.45, 7) is 0.148. The molecule has 1 atom stereocenters. The summed E-state index contributed by atoms with van der Waals surface area (Å²) in [7, 11) is 3.39. The molecule has 2 aromatic carbocycles. The number of fused-ring (bicyclic) bond motifs is 1. The maximum absolute atomic E-state index is 13.0. The van der Waals surface area contributed by atoms with E-state index in [1.165, 1.54) is 0 Å². The molecular weight excluding hydrogens is 406 g/mol. The Morgan fingerprint density at radius 1 is 1.07 bits per heavy atom. The van der Waals surface area contributed by atoms with Gasteiger partial charge in [-0.25, -0.2) is 0 Å². The number of benzene rings is 2. The molecule has 0 aliphatic carbocycles. The minimum atomic E-state index is -0.379. The number of halogens is 1. The number of hydrogen-bond donors (Lipinski definition) is 1. The Hall–Kier alpha value is -2.83. The van der Waals surface area contributed by atoms with Crippen molar-refractivity contribution in [1.29, 1.82) is 0 Å². The number of amides is 2. The highest BCUT2D eigenvalue weighted by Gasteiger charge is 2.37. The predicted molar refractivity (Wildman–Crippen MR) is 117 cm³/mol. The molecule has 2 heterocycles. The summed E-state index contributed by atoms with van der Waals surface area (Å²) in [6.07, 6.45) is -0.379. The summed E-state index contributed by atoms with van der Waals surface area (Å²) >= 11 is 7.94. The number of hydrogen-bond acceptors (Lipinski definition) is 4. The average molecular weight is 426 g/mol. The topological polar surface area (TPSA) is 52.7 Å². The van der Waals surface area contributed by atoms with Crippen molar-refractivity contribution in [2.75, 3.05) is 25.5 Å². The van der Waals surface area contributed by atoms with Gasteiger partial charge in [0.2, 0.25) is 5.91 Å². The van der Waals surface area contributed by atoms with Crippen LogP contribution in [0.1, 0.15) is 21.4 Å². The van der Waals surface area contributed by atoms with Gasteiger partial charge in [0.05, 0.1) is 17.8 Å². The normalized spacial score (nSPS) is 16.0. The van der Waals surface area contributed by atoms with Gasteiger partial charge in [0, 0.05) is 34.4 Å². The van der Waals surface area contributed by atoms with E-state index in [-0.39, 0.29) is 24.5 Å². The molecule has 1 aliphatic heterocycles. The van der Waals surface area contributed by atoms with Crippen molar-refractivity contribution >= 4 is 40.4 Å². The molecule has 2 amide bonds. The Morgan fingerprint density at radius 3 is 2.48 bits per heavy atom. The first kappa shape index (κ1) is 19.5. The van der Waals surface area contributed by atoms with Crippen LogP contribution in [-0.4, -0.2) is 37.4 Å². The second-order valence-corrected chi connectivity index (χ2v) is 8.31. The van der Waals surface area contributed by atoms with Gasteiger partial charge in [-0.3, -0.25) is 9.59 Å². The third-order valence-electron chi connectivity index (χ3n) is 5.04. The van der Waals surface area contributed by atoms with E-state index in [9.17, 15) is 9.59 Å². The van der Waals surface area contributed by atoms with E-state index < -0.39 is 0 Å². The van der Waals surface area contributed by atoms with E-state index in [0.29, 0.717) is 10.6 Å². The van der Waals surface area contributed by atoms with Crippen molar-refractivity contribution in [3.63, 3.8) is 0 Å². The van der Waals surface area contributed by atoms with Crippen molar-refractivity contribution < 1.29 is 9.59 Å². The largest absolute Gasteiger partial charge is 0.358 e. The maximum Gasteiger partial charge on any atom is 0.257 e. The van der Waals surface area contributed by atoms with E-state index in [4.69, 9.17) is 11.6 Å². The van der Waals surface area contributed by atoms with Gasteiger partial charge in [-0.05, 0) is 30.3 Å². The van der Waals surface area contributed by atoms with Gasteiger partial charge in [-0.15, -0.1) is 11.3 Å². The molecule has 1 aromatic heterocycles. The summed E-state index contributed by atoms with van der Waals surface area (Å²) in [5.41, 5.74) is 2.31. The predicted octanol–water partition coefficient (Wildman–Crippen LogP) is 4.41. The number of rotatable bonds is 4. The molecule has 148 valence electrons. The van der Waals surface area contributed by atoms with Crippen LogP contribution in [0, 0.1) is 0 Å². The van der Waals surface area contributed by atoms with Crippen LogP contribution in [0.3, 0.4) is 0 Å². The molecule has 5 nitrogen and oxygen atoms in total. The zero-order valence-electron chi connectivity index (χ0n) is 16.1. The Morgan fingerprint density at radius 2 is 1.76 bits per heavy atom. The van der Waals surface area contributed by atoms with Crippen molar-refractivity contribution in [3.05, 3.63) is 76.1 Å². The van der Waals surface area contributed by atoms with Gasteiger partial charge in [0.25, 0.3) is 5.91 Å². The number of thiophene rings is 1. The van der Waals surface area contributed by atoms with E-state index in [1.807, 2.05) is 59.5 Å².